The number of para-hydroxylation sites is 1. The lowest BCUT2D eigenvalue weighted by atomic mass is 10.1. The van der Waals surface area contributed by atoms with Gasteiger partial charge in [-0.2, -0.15) is 0 Å². The maximum Gasteiger partial charge on any atom is 0.264 e. The van der Waals surface area contributed by atoms with Crippen LogP contribution in [0.15, 0.2) is 83.8 Å². The number of hydrogen-bond donors (Lipinski definition) is 1. The number of carbonyl (C=O) groups excluding carboxylic acids is 2. The van der Waals surface area contributed by atoms with Crippen molar-refractivity contribution in [3.63, 3.8) is 0 Å². The fourth-order valence-electron chi connectivity index (χ4n) is 3.84. The molecule has 1 N–H and O–H groups in total. The van der Waals surface area contributed by atoms with Crippen LogP contribution in [0, 0.1) is 0 Å². The molecular weight excluding hydrogens is 482 g/mol. The van der Waals surface area contributed by atoms with Crippen molar-refractivity contribution in [2.75, 3.05) is 49.6 Å². The molecule has 4 rings (SSSR count). The lowest BCUT2D eigenvalue weighted by Crippen LogP contribution is -2.41. The first-order chi connectivity index (χ1) is 17.4. The summed E-state index contributed by atoms with van der Waals surface area (Å²) < 4.78 is 38.7. The van der Waals surface area contributed by atoms with E-state index in [9.17, 15) is 18.0 Å². The Morgan fingerprint density at radius 1 is 0.972 bits per heavy atom. The summed E-state index contributed by atoms with van der Waals surface area (Å²) in [4.78, 5) is 28.0. The van der Waals surface area contributed by atoms with Crippen LogP contribution in [-0.2, 0) is 19.6 Å². The number of anilines is 2. The standard InChI is InChI=1S/C26H27N3O6S/c1-34-21-9-7-8-20(18-21)29(36(32,33)22-10-3-2-4-11-22)19-25(30)27-24-13-6-5-12-23(24)26(31)28-14-16-35-17-15-28/h2-13,18H,14-17,19H2,1H3,(H,27,30). The lowest BCUT2D eigenvalue weighted by molar-refractivity contribution is -0.114. The van der Waals surface area contributed by atoms with Crippen LogP contribution in [0.5, 0.6) is 5.75 Å². The number of carbonyl (C=O) groups is 2. The average Bonchev–Trinajstić information content (AvgIpc) is 2.92. The third kappa shape index (κ3) is 5.67. The molecule has 0 aliphatic carbocycles. The van der Waals surface area contributed by atoms with E-state index in [1.165, 1.54) is 19.2 Å². The summed E-state index contributed by atoms with van der Waals surface area (Å²) in [5.41, 5.74) is 0.902. The first-order valence-electron chi connectivity index (χ1n) is 11.4. The van der Waals surface area contributed by atoms with E-state index >= 15 is 0 Å². The van der Waals surface area contributed by atoms with Crippen molar-refractivity contribution in [1.82, 2.24) is 4.90 Å². The summed E-state index contributed by atoms with van der Waals surface area (Å²) in [6, 6.07) is 21.0. The maximum absolute atomic E-state index is 13.5. The quantitative estimate of drug-likeness (QED) is 0.501. The molecule has 0 saturated carbocycles. The summed E-state index contributed by atoms with van der Waals surface area (Å²) in [5.74, 6) is -0.377. The van der Waals surface area contributed by atoms with Crippen molar-refractivity contribution in [1.29, 1.82) is 0 Å². The van der Waals surface area contributed by atoms with Crippen molar-refractivity contribution >= 4 is 33.2 Å². The second kappa shape index (κ2) is 11.2. The van der Waals surface area contributed by atoms with Crippen LogP contribution in [0.3, 0.4) is 0 Å². The summed E-state index contributed by atoms with van der Waals surface area (Å²) in [7, 11) is -2.61. The Hall–Kier alpha value is -3.89. The zero-order valence-electron chi connectivity index (χ0n) is 19.8. The third-order valence-corrected chi connectivity index (χ3v) is 7.48. The molecular formula is C26H27N3O6S. The molecule has 1 fully saturated rings. The Morgan fingerprint density at radius 3 is 2.39 bits per heavy atom. The summed E-state index contributed by atoms with van der Waals surface area (Å²) in [5, 5.41) is 2.73. The van der Waals surface area contributed by atoms with Gasteiger partial charge in [0.15, 0.2) is 0 Å². The molecule has 36 heavy (non-hydrogen) atoms. The van der Waals surface area contributed by atoms with Crippen LogP contribution in [0.2, 0.25) is 0 Å². The normalized spacial score (nSPS) is 13.6. The minimum absolute atomic E-state index is 0.0449. The Labute approximate surface area is 210 Å². The van der Waals surface area contributed by atoms with E-state index < -0.39 is 22.5 Å². The van der Waals surface area contributed by atoms with E-state index in [0.29, 0.717) is 43.3 Å². The predicted octanol–water partition coefficient (Wildman–Crippen LogP) is 3.00. The van der Waals surface area contributed by atoms with Gasteiger partial charge in [0.2, 0.25) is 5.91 Å². The van der Waals surface area contributed by atoms with Crippen LogP contribution < -0.4 is 14.4 Å². The molecule has 3 aromatic carbocycles. The van der Waals surface area contributed by atoms with Gasteiger partial charge in [-0.15, -0.1) is 0 Å². The van der Waals surface area contributed by atoms with Crippen molar-refractivity contribution in [2.45, 2.75) is 4.90 Å². The van der Waals surface area contributed by atoms with Gasteiger partial charge in [0.25, 0.3) is 15.9 Å². The van der Waals surface area contributed by atoms with Crippen LogP contribution >= 0.6 is 0 Å². The molecule has 10 heteroatoms. The summed E-state index contributed by atoms with van der Waals surface area (Å²) >= 11 is 0. The number of hydrogen-bond acceptors (Lipinski definition) is 6. The monoisotopic (exact) mass is 509 g/mol. The molecule has 1 aliphatic rings. The van der Waals surface area contributed by atoms with Gasteiger partial charge in [0.05, 0.1) is 42.2 Å². The van der Waals surface area contributed by atoms with Crippen molar-refractivity contribution < 1.29 is 27.5 Å². The molecule has 0 unspecified atom stereocenters. The van der Waals surface area contributed by atoms with Gasteiger partial charge in [0, 0.05) is 19.2 Å². The molecule has 3 aromatic rings. The number of morpholine rings is 1. The van der Waals surface area contributed by atoms with E-state index in [2.05, 4.69) is 5.32 Å². The molecule has 2 amide bonds. The van der Waals surface area contributed by atoms with Gasteiger partial charge < -0.3 is 19.7 Å². The molecule has 9 nitrogen and oxygen atoms in total. The van der Waals surface area contributed by atoms with Crippen LogP contribution in [0.25, 0.3) is 0 Å². The van der Waals surface area contributed by atoms with Gasteiger partial charge in [-0.25, -0.2) is 8.42 Å². The average molecular weight is 510 g/mol. The fraction of sp³-hybridized carbons (Fsp3) is 0.231. The molecule has 0 aromatic heterocycles. The number of benzene rings is 3. The molecule has 1 saturated heterocycles. The van der Waals surface area contributed by atoms with Crippen molar-refractivity contribution in [3.05, 3.63) is 84.4 Å². The minimum Gasteiger partial charge on any atom is -0.497 e. The number of nitrogens with zero attached hydrogens (tertiary/aromatic N) is 2. The highest BCUT2D eigenvalue weighted by Gasteiger charge is 2.28. The lowest BCUT2D eigenvalue weighted by Gasteiger charge is -2.28. The predicted molar refractivity (Wildman–Crippen MR) is 136 cm³/mol. The second-order valence-corrected chi connectivity index (χ2v) is 9.89. The number of rotatable bonds is 8. The smallest absolute Gasteiger partial charge is 0.264 e. The second-order valence-electron chi connectivity index (χ2n) is 8.02. The maximum atomic E-state index is 13.5. The molecule has 0 radical (unpaired) electrons. The summed E-state index contributed by atoms with van der Waals surface area (Å²) in [6.07, 6.45) is 0. The minimum atomic E-state index is -4.08. The van der Waals surface area contributed by atoms with E-state index in [4.69, 9.17) is 9.47 Å². The van der Waals surface area contributed by atoms with E-state index in [1.807, 2.05) is 0 Å². The molecule has 1 heterocycles. The molecule has 188 valence electrons. The highest BCUT2D eigenvalue weighted by Crippen LogP contribution is 2.27. The summed E-state index contributed by atoms with van der Waals surface area (Å²) in [6.45, 7) is 1.31. The van der Waals surface area contributed by atoms with Gasteiger partial charge >= 0.3 is 0 Å². The molecule has 0 atom stereocenters. The van der Waals surface area contributed by atoms with Crippen LogP contribution in [0.4, 0.5) is 11.4 Å². The number of ether oxygens (including phenoxy) is 2. The number of nitrogens with one attached hydrogen (secondary N) is 1. The number of amides is 2. The van der Waals surface area contributed by atoms with Crippen molar-refractivity contribution in [2.24, 2.45) is 0 Å². The largest absolute Gasteiger partial charge is 0.497 e. The van der Waals surface area contributed by atoms with E-state index in [0.717, 1.165) is 4.31 Å². The SMILES string of the molecule is COc1cccc(N(CC(=O)Nc2ccccc2C(=O)N2CCOCC2)S(=O)(=O)c2ccccc2)c1. The van der Waals surface area contributed by atoms with Gasteiger partial charge in [0.1, 0.15) is 12.3 Å². The zero-order valence-corrected chi connectivity index (χ0v) is 20.6. The Bertz CT molecular complexity index is 1320. The van der Waals surface area contributed by atoms with Gasteiger partial charge in [-0.3, -0.25) is 13.9 Å². The van der Waals surface area contributed by atoms with E-state index in [-0.39, 0.29) is 16.5 Å². The molecule has 0 bridgehead atoms. The van der Waals surface area contributed by atoms with Gasteiger partial charge in [-0.1, -0.05) is 36.4 Å². The number of methoxy groups -OCH3 is 1. The fourth-order valence-corrected chi connectivity index (χ4v) is 5.27. The Morgan fingerprint density at radius 2 is 1.67 bits per heavy atom. The third-order valence-electron chi connectivity index (χ3n) is 5.69. The molecule has 1 aliphatic heterocycles. The van der Waals surface area contributed by atoms with Crippen LogP contribution in [-0.4, -0.2) is 65.1 Å². The Kier molecular flexibility index (Phi) is 7.87. The highest BCUT2D eigenvalue weighted by molar-refractivity contribution is 7.92. The van der Waals surface area contributed by atoms with Crippen LogP contribution in [0.1, 0.15) is 10.4 Å². The van der Waals surface area contributed by atoms with E-state index in [1.54, 1.807) is 71.6 Å². The van der Waals surface area contributed by atoms with Crippen molar-refractivity contribution in [3.8, 4) is 5.75 Å². The first kappa shape index (κ1) is 25.2. The molecule has 0 spiro atoms. The topological polar surface area (TPSA) is 105 Å². The number of sulfonamides is 1. The first-order valence-corrected chi connectivity index (χ1v) is 12.8. The zero-order chi connectivity index (χ0) is 25.5. The highest BCUT2D eigenvalue weighted by atomic mass is 32.2. The van der Waals surface area contributed by atoms with Gasteiger partial charge in [-0.05, 0) is 36.4 Å². The Balaban J connectivity index is 1.62.